The summed E-state index contributed by atoms with van der Waals surface area (Å²) in [5, 5.41) is 3.09. The third kappa shape index (κ3) is 2.12. The number of fused-ring (bicyclic) bond motifs is 1. The molecule has 0 radical (unpaired) electrons. The van der Waals surface area contributed by atoms with E-state index in [1.54, 1.807) is 11.3 Å². The number of nitrogens with zero attached hydrogens (tertiary/aromatic N) is 1. The lowest BCUT2D eigenvalue weighted by Gasteiger charge is -1.99. The standard InChI is InChI=1S/C12H11NO2S2/c16-4-3-9-6-17-12(13-9)8-1-2-10-11(5-8)15-7-14-10/h1-2,5-6,16H,3-4,7H2. The molecule has 3 rings (SSSR count). The molecule has 1 aliphatic rings. The van der Waals surface area contributed by atoms with E-state index >= 15 is 0 Å². The van der Waals surface area contributed by atoms with Gasteiger partial charge in [-0.05, 0) is 30.4 Å². The maximum atomic E-state index is 5.36. The lowest BCUT2D eigenvalue weighted by Crippen LogP contribution is -1.92. The molecule has 0 bridgehead atoms. The van der Waals surface area contributed by atoms with Gasteiger partial charge in [-0.2, -0.15) is 12.6 Å². The molecule has 0 N–H and O–H groups in total. The average Bonchev–Trinajstić information content (AvgIpc) is 2.96. The molecule has 0 fully saturated rings. The van der Waals surface area contributed by atoms with Crippen LogP contribution in [0.1, 0.15) is 5.69 Å². The fourth-order valence-electron chi connectivity index (χ4n) is 1.70. The van der Waals surface area contributed by atoms with E-state index < -0.39 is 0 Å². The van der Waals surface area contributed by atoms with Crippen molar-refractivity contribution in [1.82, 2.24) is 4.98 Å². The van der Waals surface area contributed by atoms with Gasteiger partial charge in [0.05, 0.1) is 5.69 Å². The number of benzene rings is 1. The van der Waals surface area contributed by atoms with Crippen molar-refractivity contribution in [3.8, 4) is 22.1 Å². The molecule has 2 aromatic rings. The van der Waals surface area contributed by atoms with Gasteiger partial charge in [0.25, 0.3) is 0 Å². The Balaban J connectivity index is 1.92. The lowest BCUT2D eigenvalue weighted by molar-refractivity contribution is 0.174. The molecule has 0 saturated heterocycles. The number of hydrogen-bond donors (Lipinski definition) is 1. The zero-order valence-corrected chi connectivity index (χ0v) is 10.8. The number of aromatic nitrogens is 1. The number of thiazole rings is 1. The van der Waals surface area contributed by atoms with E-state index in [-0.39, 0.29) is 0 Å². The van der Waals surface area contributed by atoms with Crippen molar-refractivity contribution in [1.29, 1.82) is 0 Å². The van der Waals surface area contributed by atoms with Crippen molar-refractivity contribution in [2.75, 3.05) is 12.5 Å². The van der Waals surface area contributed by atoms with Crippen molar-refractivity contribution >= 4 is 24.0 Å². The minimum atomic E-state index is 0.307. The SMILES string of the molecule is SCCc1csc(-c2ccc3c(c2)OCO3)n1. The summed E-state index contributed by atoms with van der Waals surface area (Å²) >= 11 is 5.86. The van der Waals surface area contributed by atoms with E-state index in [0.717, 1.165) is 39.9 Å². The molecule has 5 heteroatoms. The quantitative estimate of drug-likeness (QED) is 0.866. The second kappa shape index (κ2) is 4.58. The van der Waals surface area contributed by atoms with Crippen LogP contribution in [0.3, 0.4) is 0 Å². The van der Waals surface area contributed by atoms with Gasteiger partial charge in [0.2, 0.25) is 6.79 Å². The van der Waals surface area contributed by atoms with Crippen LogP contribution in [-0.4, -0.2) is 17.5 Å². The molecule has 0 aliphatic carbocycles. The Kier molecular flexibility index (Phi) is 2.94. The molecule has 0 unspecified atom stereocenters. The van der Waals surface area contributed by atoms with Gasteiger partial charge in [0, 0.05) is 10.9 Å². The summed E-state index contributed by atoms with van der Waals surface area (Å²) in [6.45, 7) is 0.307. The molecule has 2 heterocycles. The Hall–Kier alpha value is -1.20. The first-order valence-electron chi connectivity index (χ1n) is 5.32. The molecular formula is C12H11NO2S2. The largest absolute Gasteiger partial charge is 0.454 e. The summed E-state index contributed by atoms with van der Waals surface area (Å²) < 4.78 is 10.6. The molecule has 0 saturated carbocycles. The fraction of sp³-hybridized carbons (Fsp3) is 0.250. The molecule has 0 amide bonds. The summed E-state index contributed by atoms with van der Waals surface area (Å²) in [5.41, 5.74) is 2.17. The zero-order chi connectivity index (χ0) is 11.7. The van der Waals surface area contributed by atoms with Gasteiger partial charge in [-0.3, -0.25) is 0 Å². The Morgan fingerprint density at radius 3 is 3.06 bits per heavy atom. The molecule has 17 heavy (non-hydrogen) atoms. The number of hydrogen-bond acceptors (Lipinski definition) is 5. The highest BCUT2D eigenvalue weighted by Crippen LogP contribution is 2.36. The smallest absolute Gasteiger partial charge is 0.231 e. The normalized spacial score (nSPS) is 13.0. The van der Waals surface area contributed by atoms with Gasteiger partial charge in [0.15, 0.2) is 11.5 Å². The number of aryl methyl sites for hydroxylation is 1. The van der Waals surface area contributed by atoms with Gasteiger partial charge in [0.1, 0.15) is 5.01 Å². The van der Waals surface area contributed by atoms with Crippen molar-refractivity contribution in [2.45, 2.75) is 6.42 Å². The maximum absolute atomic E-state index is 5.36. The molecule has 0 spiro atoms. The minimum absolute atomic E-state index is 0.307. The second-order valence-corrected chi connectivity index (χ2v) is 4.99. The first-order chi connectivity index (χ1) is 8.36. The second-order valence-electron chi connectivity index (χ2n) is 3.69. The molecule has 88 valence electrons. The van der Waals surface area contributed by atoms with E-state index in [4.69, 9.17) is 9.47 Å². The maximum Gasteiger partial charge on any atom is 0.231 e. The van der Waals surface area contributed by atoms with Crippen LogP contribution in [0, 0.1) is 0 Å². The molecular weight excluding hydrogens is 254 g/mol. The topological polar surface area (TPSA) is 31.4 Å². The van der Waals surface area contributed by atoms with Gasteiger partial charge in [-0.1, -0.05) is 0 Å². The van der Waals surface area contributed by atoms with E-state index in [1.165, 1.54) is 0 Å². The predicted octanol–water partition coefficient (Wildman–Crippen LogP) is 3.01. The third-order valence-corrected chi connectivity index (χ3v) is 3.70. The van der Waals surface area contributed by atoms with E-state index in [1.807, 2.05) is 18.2 Å². The summed E-state index contributed by atoms with van der Waals surface area (Å²) in [6, 6.07) is 5.92. The highest BCUT2D eigenvalue weighted by atomic mass is 32.1. The van der Waals surface area contributed by atoms with Crippen molar-refractivity contribution < 1.29 is 9.47 Å². The van der Waals surface area contributed by atoms with Crippen LogP contribution in [0.5, 0.6) is 11.5 Å². The minimum Gasteiger partial charge on any atom is -0.454 e. The average molecular weight is 265 g/mol. The molecule has 3 nitrogen and oxygen atoms in total. The Labute approximate surface area is 109 Å². The van der Waals surface area contributed by atoms with Crippen molar-refractivity contribution in [3.05, 3.63) is 29.3 Å². The molecule has 0 atom stereocenters. The van der Waals surface area contributed by atoms with Crippen LogP contribution < -0.4 is 9.47 Å². The van der Waals surface area contributed by atoms with E-state index in [2.05, 4.69) is 23.0 Å². The summed E-state index contributed by atoms with van der Waals surface area (Å²) in [5.74, 6) is 2.43. The van der Waals surface area contributed by atoms with Crippen molar-refractivity contribution in [2.24, 2.45) is 0 Å². The van der Waals surface area contributed by atoms with Gasteiger partial charge < -0.3 is 9.47 Å². The van der Waals surface area contributed by atoms with Crippen LogP contribution in [0.25, 0.3) is 10.6 Å². The number of thiol groups is 1. The predicted molar refractivity (Wildman–Crippen MR) is 71.2 cm³/mol. The monoisotopic (exact) mass is 265 g/mol. The van der Waals surface area contributed by atoms with Crippen LogP contribution in [0.4, 0.5) is 0 Å². The van der Waals surface area contributed by atoms with E-state index in [0.29, 0.717) is 6.79 Å². The Bertz CT molecular complexity index is 539. The Morgan fingerprint density at radius 1 is 1.29 bits per heavy atom. The van der Waals surface area contributed by atoms with Crippen molar-refractivity contribution in [3.63, 3.8) is 0 Å². The first-order valence-corrected chi connectivity index (χ1v) is 6.83. The number of rotatable bonds is 3. The Morgan fingerprint density at radius 2 is 2.18 bits per heavy atom. The molecule has 1 aromatic carbocycles. The zero-order valence-electron chi connectivity index (χ0n) is 9.05. The molecule has 1 aromatic heterocycles. The summed E-state index contributed by atoms with van der Waals surface area (Å²) in [7, 11) is 0. The van der Waals surface area contributed by atoms with Crippen LogP contribution in [-0.2, 0) is 6.42 Å². The first kappa shape index (κ1) is 10.9. The molecule has 1 aliphatic heterocycles. The highest BCUT2D eigenvalue weighted by molar-refractivity contribution is 7.80. The third-order valence-electron chi connectivity index (χ3n) is 2.54. The van der Waals surface area contributed by atoms with Gasteiger partial charge >= 0.3 is 0 Å². The summed E-state index contributed by atoms with van der Waals surface area (Å²) in [4.78, 5) is 4.57. The van der Waals surface area contributed by atoms with Gasteiger partial charge in [-0.15, -0.1) is 11.3 Å². The van der Waals surface area contributed by atoms with E-state index in [9.17, 15) is 0 Å². The highest BCUT2D eigenvalue weighted by Gasteiger charge is 2.15. The van der Waals surface area contributed by atoms with Crippen LogP contribution in [0.15, 0.2) is 23.6 Å². The summed E-state index contributed by atoms with van der Waals surface area (Å²) in [6.07, 6.45) is 0.907. The van der Waals surface area contributed by atoms with Crippen LogP contribution in [0.2, 0.25) is 0 Å². The fourth-order valence-corrected chi connectivity index (χ4v) is 2.78. The van der Waals surface area contributed by atoms with Gasteiger partial charge in [-0.25, -0.2) is 4.98 Å². The number of ether oxygens (including phenoxy) is 2. The lowest BCUT2D eigenvalue weighted by atomic mass is 10.2. The van der Waals surface area contributed by atoms with Crippen LogP contribution >= 0.6 is 24.0 Å².